The highest BCUT2D eigenvalue weighted by atomic mass is 35.5. The molecule has 0 radical (unpaired) electrons. The maximum Gasteiger partial charge on any atom is 0.371 e. The molecule has 1 N–H and O–H groups in total. The van der Waals surface area contributed by atoms with Crippen molar-refractivity contribution in [1.29, 1.82) is 0 Å². The summed E-state index contributed by atoms with van der Waals surface area (Å²) in [4.78, 5) is 10.7. The average molecular weight is 281 g/mol. The van der Waals surface area contributed by atoms with E-state index < -0.39 is 5.97 Å². The van der Waals surface area contributed by atoms with Gasteiger partial charge < -0.3 is 14.3 Å². The van der Waals surface area contributed by atoms with Gasteiger partial charge in [-0.3, -0.25) is 0 Å². The molecule has 4 nitrogen and oxygen atoms in total. The Balaban J connectivity index is 1.92. The third kappa shape index (κ3) is 3.59. The van der Waals surface area contributed by atoms with Crippen molar-refractivity contribution in [3.63, 3.8) is 0 Å². The van der Waals surface area contributed by atoms with Crippen LogP contribution in [0.2, 0.25) is 5.02 Å². The summed E-state index contributed by atoms with van der Waals surface area (Å²) in [5.74, 6) is -0.580. The predicted molar refractivity (Wildman–Crippen MR) is 70.3 cm³/mol. The van der Waals surface area contributed by atoms with E-state index in [-0.39, 0.29) is 5.76 Å². The van der Waals surface area contributed by atoms with Crippen molar-refractivity contribution in [2.45, 2.75) is 20.1 Å². The summed E-state index contributed by atoms with van der Waals surface area (Å²) in [7, 11) is 0. The van der Waals surface area contributed by atoms with Gasteiger partial charge in [-0.05, 0) is 30.7 Å². The lowest BCUT2D eigenvalue weighted by Gasteiger charge is -2.03. The molecule has 100 valence electrons. The number of benzene rings is 1. The molecule has 2 rings (SSSR count). The Morgan fingerprint density at radius 3 is 2.58 bits per heavy atom. The molecule has 0 saturated carbocycles. The number of hydrogen-bond donors (Lipinski definition) is 1. The van der Waals surface area contributed by atoms with Crippen molar-refractivity contribution >= 4 is 17.6 Å². The van der Waals surface area contributed by atoms with Gasteiger partial charge in [0.2, 0.25) is 5.76 Å². The number of carboxylic acids is 1. The van der Waals surface area contributed by atoms with Gasteiger partial charge in [0.15, 0.2) is 0 Å². The van der Waals surface area contributed by atoms with Crippen LogP contribution in [0.5, 0.6) is 0 Å². The van der Waals surface area contributed by atoms with Gasteiger partial charge in [-0.1, -0.05) is 23.7 Å². The van der Waals surface area contributed by atoms with Gasteiger partial charge in [0.05, 0.1) is 13.2 Å². The zero-order valence-electron chi connectivity index (χ0n) is 10.4. The summed E-state index contributed by atoms with van der Waals surface area (Å²) in [5.41, 5.74) is 1.75. The number of furan rings is 1. The quantitative estimate of drug-likeness (QED) is 0.908. The molecule has 2 aromatic rings. The van der Waals surface area contributed by atoms with E-state index in [0.717, 1.165) is 11.1 Å². The van der Waals surface area contributed by atoms with Crippen LogP contribution in [0.3, 0.4) is 0 Å². The summed E-state index contributed by atoms with van der Waals surface area (Å²) in [5, 5.41) is 9.49. The van der Waals surface area contributed by atoms with E-state index >= 15 is 0 Å². The molecule has 1 aromatic carbocycles. The van der Waals surface area contributed by atoms with Crippen molar-refractivity contribution in [3.8, 4) is 0 Å². The molecule has 0 amide bonds. The molecular weight excluding hydrogens is 268 g/mol. The smallest absolute Gasteiger partial charge is 0.371 e. The number of rotatable bonds is 5. The largest absolute Gasteiger partial charge is 0.475 e. The molecule has 19 heavy (non-hydrogen) atoms. The Bertz CT molecular complexity index is 572. The first kappa shape index (κ1) is 13.6. The Morgan fingerprint density at radius 1 is 1.32 bits per heavy atom. The molecule has 5 heteroatoms. The molecule has 0 fully saturated rings. The van der Waals surface area contributed by atoms with Crippen molar-refractivity contribution in [1.82, 2.24) is 0 Å². The summed E-state index contributed by atoms with van der Waals surface area (Å²) in [6.07, 6.45) is 0. The molecule has 0 unspecified atom stereocenters. The standard InChI is InChI=1S/C14H13ClO4/c1-9-11(6-13(19-9)14(16)17)8-18-7-10-2-4-12(15)5-3-10/h2-6H,7-8H2,1H3,(H,16,17). The first-order valence-corrected chi connectivity index (χ1v) is 6.09. The Labute approximate surface area is 115 Å². The van der Waals surface area contributed by atoms with Crippen molar-refractivity contribution in [3.05, 3.63) is 58.0 Å². The molecule has 0 aliphatic rings. The van der Waals surface area contributed by atoms with E-state index in [4.69, 9.17) is 25.9 Å². The molecule has 0 spiro atoms. The van der Waals surface area contributed by atoms with Crippen molar-refractivity contribution in [2.75, 3.05) is 0 Å². The second-order valence-corrected chi connectivity index (χ2v) is 4.55. The minimum absolute atomic E-state index is 0.0670. The van der Waals surface area contributed by atoms with E-state index in [2.05, 4.69) is 0 Å². The second kappa shape index (κ2) is 5.91. The van der Waals surface area contributed by atoms with Crippen LogP contribution in [0.4, 0.5) is 0 Å². The van der Waals surface area contributed by atoms with Crippen LogP contribution in [0.25, 0.3) is 0 Å². The van der Waals surface area contributed by atoms with Crippen LogP contribution >= 0.6 is 11.6 Å². The summed E-state index contributed by atoms with van der Waals surface area (Å²) in [6, 6.07) is 8.85. The maximum absolute atomic E-state index is 10.7. The predicted octanol–water partition coefficient (Wildman–Crippen LogP) is 3.66. The Hall–Kier alpha value is -1.78. The number of aromatic carboxylic acids is 1. The minimum atomic E-state index is -1.08. The average Bonchev–Trinajstić information content (AvgIpc) is 2.74. The number of hydrogen-bond acceptors (Lipinski definition) is 3. The molecule has 0 aliphatic carbocycles. The van der Waals surface area contributed by atoms with Crippen LogP contribution in [0.15, 0.2) is 34.7 Å². The number of aryl methyl sites for hydroxylation is 1. The van der Waals surface area contributed by atoms with E-state index in [1.807, 2.05) is 12.1 Å². The van der Waals surface area contributed by atoms with Gasteiger partial charge >= 0.3 is 5.97 Å². The van der Waals surface area contributed by atoms with Gasteiger partial charge in [-0.2, -0.15) is 0 Å². The van der Waals surface area contributed by atoms with Crippen LogP contribution in [0.1, 0.15) is 27.4 Å². The lowest BCUT2D eigenvalue weighted by molar-refractivity contribution is 0.0661. The van der Waals surface area contributed by atoms with Crippen molar-refractivity contribution in [2.24, 2.45) is 0 Å². The highest BCUT2D eigenvalue weighted by Crippen LogP contribution is 2.17. The van der Waals surface area contributed by atoms with E-state index in [1.165, 1.54) is 6.07 Å². The molecule has 0 aliphatic heterocycles. The van der Waals surface area contributed by atoms with E-state index in [9.17, 15) is 4.79 Å². The highest BCUT2D eigenvalue weighted by Gasteiger charge is 2.12. The fourth-order valence-electron chi connectivity index (χ4n) is 1.63. The van der Waals surface area contributed by atoms with Crippen molar-refractivity contribution < 1.29 is 19.1 Å². The molecular formula is C14H13ClO4. The Morgan fingerprint density at radius 2 is 2.00 bits per heavy atom. The van der Waals surface area contributed by atoms with Crippen LogP contribution in [-0.2, 0) is 18.0 Å². The lowest BCUT2D eigenvalue weighted by atomic mass is 10.2. The minimum Gasteiger partial charge on any atom is -0.475 e. The molecule has 1 heterocycles. The topological polar surface area (TPSA) is 59.7 Å². The highest BCUT2D eigenvalue weighted by molar-refractivity contribution is 6.30. The molecule has 0 bridgehead atoms. The number of ether oxygens (including phenoxy) is 1. The van der Waals surface area contributed by atoms with Crippen LogP contribution in [-0.4, -0.2) is 11.1 Å². The first-order chi connectivity index (χ1) is 9.06. The third-order valence-corrected chi connectivity index (χ3v) is 2.92. The van der Waals surface area contributed by atoms with E-state index in [0.29, 0.717) is 24.0 Å². The van der Waals surface area contributed by atoms with Gasteiger partial charge in [0, 0.05) is 10.6 Å². The maximum atomic E-state index is 10.7. The Kier molecular flexibility index (Phi) is 4.24. The van der Waals surface area contributed by atoms with Crippen LogP contribution in [0, 0.1) is 6.92 Å². The van der Waals surface area contributed by atoms with Gasteiger partial charge in [0.25, 0.3) is 0 Å². The number of halogens is 1. The summed E-state index contributed by atoms with van der Waals surface area (Å²) >= 11 is 5.79. The summed E-state index contributed by atoms with van der Waals surface area (Å²) < 4.78 is 10.6. The number of carboxylic acid groups (broad SMARTS) is 1. The van der Waals surface area contributed by atoms with Gasteiger partial charge in [-0.25, -0.2) is 4.79 Å². The normalized spacial score (nSPS) is 10.6. The molecule has 1 aromatic heterocycles. The van der Waals surface area contributed by atoms with E-state index in [1.54, 1.807) is 19.1 Å². The SMILES string of the molecule is Cc1oc(C(=O)O)cc1COCc1ccc(Cl)cc1. The van der Waals surface area contributed by atoms with Gasteiger partial charge in [-0.15, -0.1) is 0 Å². The lowest BCUT2D eigenvalue weighted by Crippen LogP contribution is -1.95. The zero-order valence-corrected chi connectivity index (χ0v) is 11.1. The second-order valence-electron chi connectivity index (χ2n) is 4.12. The number of carbonyl (C=O) groups is 1. The summed E-state index contributed by atoms with van der Waals surface area (Å²) in [6.45, 7) is 2.46. The monoisotopic (exact) mass is 280 g/mol. The fraction of sp³-hybridized carbons (Fsp3) is 0.214. The molecule has 0 atom stereocenters. The first-order valence-electron chi connectivity index (χ1n) is 5.71. The molecule has 0 saturated heterocycles. The van der Waals surface area contributed by atoms with Crippen LogP contribution < -0.4 is 0 Å². The fourth-order valence-corrected chi connectivity index (χ4v) is 1.75. The van der Waals surface area contributed by atoms with Gasteiger partial charge in [0.1, 0.15) is 5.76 Å². The third-order valence-electron chi connectivity index (χ3n) is 2.67. The zero-order chi connectivity index (χ0) is 13.8.